The Balaban J connectivity index is 2.05. The predicted octanol–water partition coefficient (Wildman–Crippen LogP) is 3.50. The van der Waals surface area contributed by atoms with Crippen LogP contribution in [0.2, 0.25) is 0 Å². The van der Waals surface area contributed by atoms with E-state index in [9.17, 15) is 10.1 Å². The van der Waals surface area contributed by atoms with Crippen LogP contribution < -0.4 is 5.32 Å². The zero-order valence-electron chi connectivity index (χ0n) is 11.7. The summed E-state index contributed by atoms with van der Waals surface area (Å²) in [5.41, 5.74) is 4.61. The van der Waals surface area contributed by atoms with Gasteiger partial charge < -0.3 is 5.32 Å². The number of nitro benzene ring substituents is 1. The highest BCUT2D eigenvalue weighted by atomic mass is 16.6. The first-order valence-corrected chi connectivity index (χ1v) is 6.57. The van der Waals surface area contributed by atoms with Crippen molar-refractivity contribution in [1.29, 1.82) is 0 Å². The topological polar surface area (TPSA) is 55.2 Å². The normalized spacial score (nSPS) is 10.5. The minimum Gasteiger partial charge on any atom is -0.308 e. The Hall–Kier alpha value is -2.20. The zero-order chi connectivity index (χ0) is 14.5. The van der Waals surface area contributed by atoms with Crippen LogP contribution in [0.5, 0.6) is 0 Å². The third-order valence-corrected chi connectivity index (χ3v) is 3.45. The first-order chi connectivity index (χ1) is 9.59. The molecule has 0 heterocycles. The molecule has 2 rings (SSSR count). The predicted molar refractivity (Wildman–Crippen MR) is 79.6 cm³/mol. The fourth-order valence-electron chi connectivity index (χ4n) is 2.29. The highest BCUT2D eigenvalue weighted by molar-refractivity contribution is 5.40. The molecular weight excluding hydrogens is 252 g/mol. The molecule has 0 unspecified atom stereocenters. The number of para-hydroxylation sites is 1. The Kier molecular flexibility index (Phi) is 4.48. The highest BCUT2D eigenvalue weighted by Gasteiger charge is 2.11. The summed E-state index contributed by atoms with van der Waals surface area (Å²) in [6, 6.07) is 13.0. The number of hydrogen-bond donors (Lipinski definition) is 1. The van der Waals surface area contributed by atoms with Gasteiger partial charge in [-0.3, -0.25) is 10.1 Å². The second-order valence-corrected chi connectivity index (χ2v) is 4.86. The summed E-state index contributed by atoms with van der Waals surface area (Å²) in [6.45, 7) is 5.36. The molecule has 104 valence electrons. The van der Waals surface area contributed by atoms with E-state index < -0.39 is 0 Å². The number of nitrogens with zero attached hydrogens (tertiary/aromatic N) is 1. The number of rotatable bonds is 5. The summed E-state index contributed by atoms with van der Waals surface area (Å²) in [5.74, 6) is 0. The van der Waals surface area contributed by atoms with Gasteiger partial charge in [-0.1, -0.05) is 36.4 Å². The van der Waals surface area contributed by atoms with Crippen molar-refractivity contribution in [2.24, 2.45) is 0 Å². The largest absolute Gasteiger partial charge is 0.308 e. The number of nitro groups is 1. The molecule has 4 heteroatoms. The molecule has 0 saturated carbocycles. The highest BCUT2D eigenvalue weighted by Crippen LogP contribution is 2.18. The van der Waals surface area contributed by atoms with Gasteiger partial charge in [0.2, 0.25) is 0 Å². The van der Waals surface area contributed by atoms with Crippen LogP contribution in [0.25, 0.3) is 0 Å². The lowest BCUT2D eigenvalue weighted by molar-refractivity contribution is -0.385. The molecule has 0 aliphatic heterocycles. The molecule has 0 atom stereocenters. The van der Waals surface area contributed by atoms with Gasteiger partial charge in [0.15, 0.2) is 0 Å². The lowest BCUT2D eigenvalue weighted by Gasteiger charge is -2.11. The smallest absolute Gasteiger partial charge is 0.273 e. The first kappa shape index (κ1) is 14.2. The molecule has 0 bridgehead atoms. The van der Waals surface area contributed by atoms with Crippen LogP contribution in [-0.4, -0.2) is 4.92 Å². The van der Waals surface area contributed by atoms with E-state index in [2.05, 4.69) is 31.3 Å². The summed E-state index contributed by atoms with van der Waals surface area (Å²) in [5, 5.41) is 14.2. The van der Waals surface area contributed by atoms with Crippen molar-refractivity contribution in [2.75, 3.05) is 0 Å². The van der Waals surface area contributed by atoms with Gasteiger partial charge in [0.05, 0.1) is 4.92 Å². The van der Waals surface area contributed by atoms with Gasteiger partial charge in [0.25, 0.3) is 5.69 Å². The number of hydrogen-bond acceptors (Lipinski definition) is 3. The fourth-order valence-corrected chi connectivity index (χ4v) is 2.29. The molecule has 2 aromatic carbocycles. The quantitative estimate of drug-likeness (QED) is 0.668. The Bertz CT molecular complexity index is 603. The molecule has 0 aliphatic carbocycles. The fraction of sp³-hybridized carbons (Fsp3) is 0.250. The lowest BCUT2D eigenvalue weighted by atomic mass is 10.0. The summed E-state index contributed by atoms with van der Waals surface area (Å²) in [4.78, 5) is 10.6. The van der Waals surface area contributed by atoms with E-state index in [1.165, 1.54) is 22.8 Å². The van der Waals surface area contributed by atoms with E-state index in [4.69, 9.17) is 0 Å². The van der Waals surface area contributed by atoms with Crippen molar-refractivity contribution >= 4 is 5.69 Å². The van der Waals surface area contributed by atoms with Gasteiger partial charge in [-0.2, -0.15) is 0 Å². The molecule has 2 aromatic rings. The molecule has 0 spiro atoms. The maximum Gasteiger partial charge on any atom is 0.273 e. The van der Waals surface area contributed by atoms with Crippen LogP contribution in [0.1, 0.15) is 22.3 Å². The summed E-state index contributed by atoms with van der Waals surface area (Å²) < 4.78 is 0. The van der Waals surface area contributed by atoms with Crippen molar-refractivity contribution in [3.05, 3.63) is 74.8 Å². The number of benzene rings is 2. The van der Waals surface area contributed by atoms with Crippen molar-refractivity contribution in [3.63, 3.8) is 0 Å². The van der Waals surface area contributed by atoms with E-state index in [1.807, 2.05) is 12.1 Å². The molecule has 20 heavy (non-hydrogen) atoms. The van der Waals surface area contributed by atoms with Crippen LogP contribution in [-0.2, 0) is 13.1 Å². The molecule has 0 amide bonds. The Morgan fingerprint density at radius 1 is 1.00 bits per heavy atom. The Morgan fingerprint density at radius 3 is 2.30 bits per heavy atom. The van der Waals surface area contributed by atoms with Gasteiger partial charge in [0, 0.05) is 24.7 Å². The third kappa shape index (κ3) is 3.22. The maximum atomic E-state index is 10.9. The van der Waals surface area contributed by atoms with Crippen molar-refractivity contribution < 1.29 is 4.92 Å². The maximum absolute atomic E-state index is 10.9. The molecule has 0 fully saturated rings. The molecule has 4 nitrogen and oxygen atoms in total. The minimum atomic E-state index is -0.337. The van der Waals surface area contributed by atoms with E-state index >= 15 is 0 Å². The van der Waals surface area contributed by atoms with Gasteiger partial charge in [0.1, 0.15) is 0 Å². The second kappa shape index (κ2) is 6.30. The first-order valence-electron chi connectivity index (χ1n) is 6.57. The van der Waals surface area contributed by atoms with Gasteiger partial charge in [-0.25, -0.2) is 0 Å². The minimum absolute atomic E-state index is 0.168. The van der Waals surface area contributed by atoms with Gasteiger partial charge in [-0.15, -0.1) is 0 Å². The van der Waals surface area contributed by atoms with E-state index in [0.717, 1.165) is 0 Å². The Morgan fingerprint density at radius 2 is 1.65 bits per heavy atom. The number of aryl methyl sites for hydroxylation is 2. The SMILES string of the molecule is Cc1cccc(C)c1CNCc1ccccc1[N+](=O)[O-]. The average Bonchev–Trinajstić information content (AvgIpc) is 2.42. The standard InChI is InChI=1S/C16H18N2O2/c1-12-6-5-7-13(2)15(12)11-17-10-14-8-3-4-9-16(14)18(19)20/h3-9,17H,10-11H2,1-2H3. The van der Waals surface area contributed by atoms with Gasteiger partial charge >= 0.3 is 0 Å². The van der Waals surface area contributed by atoms with Gasteiger partial charge in [-0.05, 0) is 30.5 Å². The molecular formula is C16H18N2O2. The molecule has 0 aliphatic rings. The van der Waals surface area contributed by atoms with Crippen LogP contribution >= 0.6 is 0 Å². The zero-order valence-corrected chi connectivity index (χ0v) is 11.7. The molecule has 0 aromatic heterocycles. The second-order valence-electron chi connectivity index (χ2n) is 4.86. The van der Waals surface area contributed by atoms with E-state index in [1.54, 1.807) is 12.1 Å². The lowest BCUT2D eigenvalue weighted by Crippen LogP contribution is -2.15. The Labute approximate surface area is 118 Å². The van der Waals surface area contributed by atoms with Crippen molar-refractivity contribution in [2.45, 2.75) is 26.9 Å². The molecule has 0 saturated heterocycles. The molecule has 0 radical (unpaired) electrons. The summed E-state index contributed by atoms with van der Waals surface area (Å²) >= 11 is 0. The monoisotopic (exact) mass is 270 g/mol. The van der Waals surface area contributed by atoms with Crippen molar-refractivity contribution in [3.8, 4) is 0 Å². The average molecular weight is 270 g/mol. The van der Waals surface area contributed by atoms with E-state index in [-0.39, 0.29) is 10.6 Å². The van der Waals surface area contributed by atoms with Crippen LogP contribution in [0.15, 0.2) is 42.5 Å². The summed E-state index contributed by atoms with van der Waals surface area (Å²) in [7, 11) is 0. The van der Waals surface area contributed by atoms with Crippen molar-refractivity contribution in [1.82, 2.24) is 5.32 Å². The van der Waals surface area contributed by atoms with Crippen LogP contribution in [0.3, 0.4) is 0 Å². The van der Waals surface area contributed by atoms with E-state index in [0.29, 0.717) is 18.7 Å². The number of nitrogens with one attached hydrogen (secondary N) is 1. The summed E-state index contributed by atoms with van der Waals surface area (Å²) in [6.07, 6.45) is 0. The van der Waals surface area contributed by atoms with Crippen LogP contribution in [0.4, 0.5) is 5.69 Å². The van der Waals surface area contributed by atoms with Crippen LogP contribution in [0, 0.1) is 24.0 Å². The third-order valence-electron chi connectivity index (χ3n) is 3.45. The molecule has 1 N–H and O–H groups in total.